The van der Waals surface area contributed by atoms with Gasteiger partial charge in [0.2, 0.25) is 0 Å². The number of aliphatic hydroxyl groups is 1. The molecule has 1 rings (SSSR count). The molecule has 0 aromatic carbocycles. The standard InChI is InChI=1S/C13H22O3.6CO.2Co/c1-11(14)8-9-13(16-10-15-2)12-6-4-3-5-7-12;6*1-2;;/h11-14H,3-7,10H2,1-2H3;;;;;;;;/t11-,13+;;;;;;;;/m0......../s1. The number of ether oxygens (including phenoxy) is 2. The summed E-state index contributed by atoms with van der Waals surface area (Å²) in [6.07, 6.45) is 11.3. The van der Waals surface area contributed by atoms with Gasteiger partial charge in [-0.15, -0.1) is 0 Å². The van der Waals surface area contributed by atoms with Crippen molar-refractivity contribution >= 4 is 0 Å². The summed E-state index contributed by atoms with van der Waals surface area (Å²) >= 11 is 0. The van der Waals surface area contributed by atoms with E-state index < -0.39 is 6.10 Å². The molecule has 0 bridgehead atoms. The van der Waals surface area contributed by atoms with E-state index in [4.69, 9.17) is 42.5 Å². The number of hydrogen-bond donors (Lipinski definition) is 1. The van der Waals surface area contributed by atoms with Crippen LogP contribution in [0.5, 0.6) is 0 Å². The molecule has 0 unspecified atom stereocenters. The molecule has 0 aromatic rings. The Balaban J connectivity index is -0.0000000498. The Bertz CT molecular complexity index is 375. The van der Waals surface area contributed by atoms with Crippen LogP contribution in [-0.4, -0.2) is 31.2 Å². The maximum absolute atomic E-state index is 9.16. The van der Waals surface area contributed by atoms with Crippen molar-refractivity contribution in [3.8, 4) is 0 Å². The fourth-order valence-electron chi connectivity index (χ4n) is 2.08. The summed E-state index contributed by atoms with van der Waals surface area (Å²) in [6.45, 7) is 28.9. The maximum Gasteiger partial charge on any atom is 0 e. The summed E-state index contributed by atoms with van der Waals surface area (Å²) in [5.41, 5.74) is 0. The monoisotopic (exact) mass is 512 g/mol. The van der Waals surface area contributed by atoms with Crippen LogP contribution >= 0.6 is 0 Å². The average Bonchev–Trinajstić information content (AvgIpc) is 2.82. The molecular formula is C19H22Co2O9. The Morgan fingerprint density at radius 1 is 0.800 bits per heavy atom. The van der Waals surface area contributed by atoms with E-state index in [0.717, 1.165) is 0 Å². The molecule has 1 N–H and O–H groups in total. The van der Waals surface area contributed by atoms with Crippen LogP contribution in [0.3, 0.4) is 0 Å². The van der Waals surface area contributed by atoms with Gasteiger partial charge in [0.1, 0.15) is 6.79 Å². The van der Waals surface area contributed by atoms with Gasteiger partial charge in [-0.3, -0.25) is 0 Å². The molecule has 170 valence electrons. The molecule has 0 saturated heterocycles. The van der Waals surface area contributed by atoms with Crippen LogP contribution in [0.15, 0.2) is 0 Å². The van der Waals surface area contributed by atoms with Crippen LogP contribution < -0.4 is 0 Å². The van der Waals surface area contributed by atoms with Crippen molar-refractivity contribution in [1.82, 2.24) is 0 Å². The molecular weight excluding hydrogens is 490 g/mol. The predicted octanol–water partition coefficient (Wildman–Crippen LogP) is 1.87. The van der Waals surface area contributed by atoms with Crippen molar-refractivity contribution in [2.24, 2.45) is 5.92 Å². The number of hydrogen-bond acceptors (Lipinski definition) is 3. The molecule has 0 aliphatic heterocycles. The van der Waals surface area contributed by atoms with Gasteiger partial charge in [-0.05, 0) is 37.8 Å². The molecule has 2 atom stereocenters. The first-order valence-electron chi connectivity index (χ1n) is 7.26. The largest absolute Gasteiger partial charge is 0 e. The second-order valence-corrected chi connectivity index (χ2v) is 4.36. The topological polar surface area (TPSA) is 158 Å². The third-order valence-corrected chi connectivity index (χ3v) is 2.88. The number of methoxy groups -OCH3 is 1. The Kier molecular flexibility index (Phi) is 108. The average molecular weight is 512 g/mol. The van der Waals surface area contributed by atoms with Gasteiger partial charge < -0.3 is 14.6 Å². The fourth-order valence-corrected chi connectivity index (χ4v) is 2.08. The molecule has 1 saturated carbocycles. The SMILES string of the molecule is COCO[C@H]([C]=[C][C@H](C)O)C1CCCCC1.[C-]#[O+].[C-]#[O+].[C-]#[O+].[C-]#[O+].[C-]#[O+].[C-]#[O+].[Co].[Co]. The Morgan fingerprint density at radius 2 is 1.17 bits per heavy atom. The van der Waals surface area contributed by atoms with E-state index in [1.165, 1.54) is 32.1 Å². The summed E-state index contributed by atoms with van der Waals surface area (Å²) in [4.78, 5) is 0. The molecule has 0 aromatic heterocycles. The molecule has 1 fully saturated rings. The van der Waals surface area contributed by atoms with Gasteiger partial charge in [-0.1, -0.05) is 19.3 Å². The van der Waals surface area contributed by atoms with Crippen LogP contribution in [-0.2, 0) is 70.9 Å². The second-order valence-electron chi connectivity index (χ2n) is 4.36. The summed E-state index contributed by atoms with van der Waals surface area (Å²) in [5.74, 6) is 0.496. The Labute approximate surface area is 199 Å². The van der Waals surface area contributed by atoms with E-state index in [-0.39, 0.29) is 46.5 Å². The molecule has 9 nitrogen and oxygen atoms in total. The van der Waals surface area contributed by atoms with Gasteiger partial charge in [0.25, 0.3) is 0 Å². The summed E-state index contributed by atoms with van der Waals surface area (Å²) in [5, 5.41) is 9.16. The fraction of sp³-hybridized carbons (Fsp3) is 0.579. The van der Waals surface area contributed by atoms with E-state index in [0.29, 0.717) is 5.92 Å². The number of rotatable bonds is 6. The first-order valence-corrected chi connectivity index (χ1v) is 7.26. The molecule has 4 radical (unpaired) electrons. The molecule has 11 heteroatoms. The van der Waals surface area contributed by atoms with E-state index >= 15 is 0 Å². The van der Waals surface area contributed by atoms with Gasteiger partial charge >= 0.3 is 67.8 Å². The van der Waals surface area contributed by atoms with Crippen LogP contribution in [0.2, 0.25) is 0 Å². The van der Waals surface area contributed by atoms with Crippen molar-refractivity contribution in [3.05, 3.63) is 52.1 Å². The zero-order chi connectivity index (χ0) is 23.8. The smallest absolute Gasteiger partial charge is 0 e. The van der Waals surface area contributed by atoms with Crippen LogP contribution in [0.25, 0.3) is 0 Å². The van der Waals surface area contributed by atoms with E-state index in [1.807, 2.05) is 0 Å². The minimum atomic E-state index is -0.586. The zero-order valence-electron chi connectivity index (χ0n) is 16.4. The van der Waals surface area contributed by atoms with Crippen molar-refractivity contribution < 1.29 is 76.1 Å². The first-order chi connectivity index (χ1) is 13.7. The molecule has 0 heterocycles. The first kappa shape index (κ1) is 51.6. The van der Waals surface area contributed by atoms with Gasteiger partial charge in [0, 0.05) is 40.7 Å². The van der Waals surface area contributed by atoms with Crippen LogP contribution in [0.4, 0.5) is 0 Å². The molecule has 0 spiro atoms. The number of aliphatic hydroxyl groups excluding tert-OH is 1. The van der Waals surface area contributed by atoms with Crippen molar-refractivity contribution in [2.45, 2.75) is 51.2 Å². The molecule has 1 aliphatic carbocycles. The molecule has 30 heavy (non-hydrogen) atoms. The zero-order valence-corrected chi connectivity index (χ0v) is 18.4. The van der Waals surface area contributed by atoms with Crippen LogP contribution in [0.1, 0.15) is 39.0 Å². The second kappa shape index (κ2) is 63.0. The minimum Gasteiger partial charge on any atom is 0 e. The maximum atomic E-state index is 9.16. The van der Waals surface area contributed by atoms with Crippen LogP contribution in [0, 0.1) is 58.0 Å². The van der Waals surface area contributed by atoms with E-state index in [2.05, 4.69) is 52.1 Å². The minimum absolute atomic E-state index is 0. The van der Waals surface area contributed by atoms with Crippen molar-refractivity contribution in [3.63, 3.8) is 0 Å². The van der Waals surface area contributed by atoms with Gasteiger partial charge in [0.05, 0.1) is 12.2 Å². The summed E-state index contributed by atoms with van der Waals surface area (Å²) in [7, 11) is 1.61. The normalized spacial score (nSPS) is 12.4. The molecule has 1 aliphatic rings. The quantitative estimate of drug-likeness (QED) is 0.328. The van der Waals surface area contributed by atoms with Crippen molar-refractivity contribution in [1.29, 1.82) is 0 Å². The van der Waals surface area contributed by atoms with Crippen molar-refractivity contribution in [2.75, 3.05) is 13.9 Å². The predicted molar refractivity (Wildman–Crippen MR) is 85.1 cm³/mol. The van der Waals surface area contributed by atoms with E-state index in [1.54, 1.807) is 14.0 Å². The molecule has 0 amide bonds. The summed E-state index contributed by atoms with van der Waals surface area (Å²) in [6, 6.07) is 0. The van der Waals surface area contributed by atoms with Gasteiger partial charge in [-0.2, -0.15) is 0 Å². The van der Waals surface area contributed by atoms with Gasteiger partial charge in [-0.25, -0.2) is 0 Å². The Morgan fingerprint density at radius 3 is 1.47 bits per heavy atom. The van der Waals surface area contributed by atoms with Gasteiger partial charge in [0.15, 0.2) is 0 Å². The third-order valence-electron chi connectivity index (χ3n) is 2.88. The third kappa shape index (κ3) is 45.7. The van der Waals surface area contributed by atoms with E-state index in [9.17, 15) is 0 Å². The summed E-state index contributed by atoms with van der Waals surface area (Å²) < 4.78 is 55.5. The Hall–Kier alpha value is -0.927.